The van der Waals surface area contributed by atoms with Crippen molar-refractivity contribution in [2.24, 2.45) is 0 Å². The van der Waals surface area contributed by atoms with E-state index in [0.717, 1.165) is 24.7 Å². The Kier molecular flexibility index (Phi) is 12.0. The lowest BCUT2D eigenvalue weighted by Gasteiger charge is -2.19. The zero-order chi connectivity index (χ0) is 38.2. The number of alkyl halides is 3. The Bertz CT molecular complexity index is 1940. The SMILES string of the molecule is CCc1ccc(NC(=O)C(=O)NC[C@H](NC(=O)c2ccc(Nc3nc(NC4(c5ccc(Cl)cc5)CC4)nc(OCC(F)(F)F)n3)cc2)C(=O)OC)cc1. The van der Waals surface area contributed by atoms with Crippen LogP contribution in [0.4, 0.5) is 36.4 Å². The van der Waals surface area contributed by atoms with E-state index in [1.807, 2.05) is 19.1 Å². The number of amides is 3. The highest BCUT2D eigenvalue weighted by Crippen LogP contribution is 2.48. The molecule has 0 aliphatic heterocycles. The average Bonchev–Trinajstić information content (AvgIpc) is 3.92. The number of hydrogen-bond acceptors (Lipinski definition) is 11. The Morgan fingerprint density at radius 2 is 1.51 bits per heavy atom. The first-order valence-electron chi connectivity index (χ1n) is 16.2. The Morgan fingerprint density at radius 1 is 0.868 bits per heavy atom. The third-order valence-electron chi connectivity index (χ3n) is 7.96. The van der Waals surface area contributed by atoms with Gasteiger partial charge in [-0.05, 0) is 78.9 Å². The molecular formula is C35H34ClF3N8O6. The van der Waals surface area contributed by atoms with E-state index >= 15 is 0 Å². The van der Waals surface area contributed by atoms with Crippen LogP contribution in [0.2, 0.25) is 5.02 Å². The van der Waals surface area contributed by atoms with E-state index < -0.39 is 60.6 Å². The summed E-state index contributed by atoms with van der Waals surface area (Å²) in [6, 6.07) is 17.8. The van der Waals surface area contributed by atoms with Crippen molar-refractivity contribution >= 4 is 58.6 Å². The fraction of sp³-hybridized carbons (Fsp3) is 0.286. The van der Waals surface area contributed by atoms with Crippen molar-refractivity contribution < 1.29 is 41.8 Å². The molecule has 4 aromatic rings. The molecule has 1 atom stereocenters. The third-order valence-corrected chi connectivity index (χ3v) is 8.22. The number of nitrogens with zero attached hydrogens (tertiary/aromatic N) is 3. The fourth-order valence-electron chi connectivity index (χ4n) is 4.97. The van der Waals surface area contributed by atoms with Gasteiger partial charge in [0.2, 0.25) is 11.9 Å². The van der Waals surface area contributed by atoms with Crippen molar-refractivity contribution in [3.63, 3.8) is 0 Å². The first-order valence-corrected chi connectivity index (χ1v) is 16.6. The van der Waals surface area contributed by atoms with Crippen LogP contribution in [-0.4, -0.2) is 71.1 Å². The highest BCUT2D eigenvalue weighted by molar-refractivity contribution is 6.39. The number of halogens is 4. The van der Waals surface area contributed by atoms with Gasteiger partial charge in [-0.25, -0.2) is 4.79 Å². The monoisotopic (exact) mass is 754 g/mol. The van der Waals surface area contributed by atoms with Crippen LogP contribution in [-0.2, 0) is 31.1 Å². The summed E-state index contributed by atoms with van der Waals surface area (Å²) < 4.78 is 48.4. The van der Waals surface area contributed by atoms with Crippen LogP contribution in [0.15, 0.2) is 72.8 Å². The number of hydrogen-bond donors (Lipinski definition) is 5. The second-order valence-electron chi connectivity index (χ2n) is 11.8. The molecule has 278 valence electrons. The van der Waals surface area contributed by atoms with E-state index in [1.54, 1.807) is 36.4 Å². The van der Waals surface area contributed by atoms with Gasteiger partial charge in [0.15, 0.2) is 6.61 Å². The molecule has 14 nitrogen and oxygen atoms in total. The Labute approximate surface area is 306 Å². The van der Waals surface area contributed by atoms with Crippen LogP contribution in [0.3, 0.4) is 0 Å². The quantitative estimate of drug-likeness (QED) is 0.0872. The maximum absolute atomic E-state index is 13.0. The van der Waals surface area contributed by atoms with Crippen molar-refractivity contribution in [2.45, 2.75) is 43.9 Å². The van der Waals surface area contributed by atoms with E-state index in [4.69, 9.17) is 21.1 Å². The van der Waals surface area contributed by atoms with E-state index in [1.165, 1.54) is 24.3 Å². The molecule has 0 bridgehead atoms. The van der Waals surface area contributed by atoms with Crippen LogP contribution in [0.25, 0.3) is 0 Å². The third kappa shape index (κ3) is 10.8. The summed E-state index contributed by atoms with van der Waals surface area (Å²) in [5.74, 6) is -3.78. The number of carbonyl (C=O) groups excluding carboxylic acids is 4. The summed E-state index contributed by atoms with van der Waals surface area (Å²) in [7, 11) is 1.10. The van der Waals surface area contributed by atoms with E-state index in [9.17, 15) is 32.3 Å². The molecule has 1 heterocycles. The van der Waals surface area contributed by atoms with Crippen LogP contribution in [0.5, 0.6) is 6.01 Å². The van der Waals surface area contributed by atoms with Crippen molar-refractivity contribution in [1.82, 2.24) is 25.6 Å². The first kappa shape index (κ1) is 38.3. The number of aryl methyl sites for hydroxylation is 1. The molecule has 18 heteroatoms. The molecular weight excluding hydrogens is 721 g/mol. The summed E-state index contributed by atoms with van der Waals surface area (Å²) in [4.78, 5) is 62.6. The van der Waals surface area contributed by atoms with Gasteiger partial charge in [0, 0.05) is 28.5 Å². The maximum Gasteiger partial charge on any atom is 0.422 e. The highest BCUT2D eigenvalue weighted by Gasteiger charge is 2.45. The van der Waals surface area contributed by atoms with Crippen LogP contribution < -0.4 is 31.3 Å². The zero-order valence-corrected chi connectivity index (χ0v) is 29.1. The average molecular weight is 755 g/mol. The lowest BCUT2D eigenvalue weighted by Crippen LogP contribution is -2.50. The molecule has 1 fully saturated rings. The van der Waals surface area contributed by atoms with Gasteiger partial charge in [0.05, 0.1) is 12.6 Å². The number of carbonyl (C=O) groups is 4. The number of benzene rings is 3. The summed E-state index contributed by atoms with van der Waals surface area (Å²) in [6.07, 6.45) is -2.42. The number of rotatable bonds is 14. The molecule has 1 saturated carbocycles. The number of methoxy groups -OCH3 is 1. The van der Waals surface area contributed by atoms with E-state index in [-0.39, 0.29) is 17.5 Å². The maximum atomic E-state index is 13.0. The van der Waals surface area contributed by atoms with Crippen LogP contribution in [0, 0.1) is 0 Å². The summed E-state index contributed by atoms with van der Waals surface area (Å²) in [5, 5.41) is 13.8. The summed E-state index contributed by atoms with van der Waals surface area (Å²) >= 11 is 6.02. The molecule has 1 aromatic heterocycles. The molecule has 3 aromatic carbocycles. The van der Waals surface area contributed by atoms with Gasteiger partial charge in [-0.3, -0.25) is 14.4 Å². The standard InChI is InChI=1S/C35H34ClF3N8O6/c1-3-20-4-12-24(13-5-20)41-29(50)28(49)40-18-26(30(51)52-2)43-27(48)21-6-14-25(15-7-21)42-31-44-32(46-33(45-31)53-19-35(37,38)39)47-34(16-17-34)22-8-10-23(36)11-9-22/h4-15,26H,3,16-19H2,1-2H3,(H,40,49)(H,41,50)(H,43,48)(H2,42,44,45,46,47)/t26-/m0/s1. The normalized spacial score (nSPS) is 13.5. The minimum absolute atomic E-state index is 0.0350. The minimum Gasteiger partial charge on any atom is -0.467 e. The molecule has 5 N–H and O–H groups in total. The van der Waals surface area contributed by atoms with Gasteiger partial charge < -0.3 is 36.1 Å². The Morgan fingerprint density at radius 3 is 2.11 bits per heavy atom. The smallest absolute Gasteiger partial charge is 0.422 e. The molecule has 5 rings (SSSR count). The molecule has 1 aliphatic carbocycles. The first-order chi connectivity index (χ1) is 25.3. The number of ether oxygens (including phenoxy) is 2. The zero-order valence-electron chi connectivity index (χ0n) is 28.3. The molecule has 0 spiro atoms. The van der Waals surface area contributed by atoms with E-state index in [2.05, 4.69) is 41.5 Å². The van der Waals surface area contributed by atoms with E-state index in [0.29, 0.717) is 29.2 Å². The molecule has 0 radical (unpaired) electrons. The van der Waals surface area contributed by atoms with Crippen molar-refractivity contribution in [3.05, 3.63) is 94.5 Å². The topological polar surface area (TPSA) is 186 Å². The minimum atomic E-state index is -4.64. The number of aromatic nitrogens is 3. The van der Waals surface area contributed by atoms with Gasteiger partial charge in [0.25, 0.3) is 5.91 Å². The molecule has 0 saturated heterocycles. The second kappa shape index (κ2) is 16.6. The predicted octanol–water partition coefficient (Wildman–Crippen LogP) is 4.90. The van der Waals surface area contributed by atoms with Gasteiger partial charge in [-0.15, -0.1) is 0 Å². The number of anilines is 4. The lowest BCUT2D eigenvalue weighted by molar-refractivity contribution is -0.154. The lowest BCUT2D eigenvalue weighted by atomic mass is 10.1. The van der Waals surface area contributed by atoms with Gasteiger partial charge in [-0.1, -0.05) is 42.8 Å². The molecule has 1 aliphatic rings. The van der Waals surface area contributed by atoms with Gasteiger partial charge in [-0.2, -0.15) is 28.1 Å². The van der Waals surface area contributed by atoms with Gasteiger partial charge >= 0.3 is 30.0 Å². The van der Waals surface area contributed by atoms with Gasteiger partial charge in [0.1, 0.15) is 6.04 Å². The Hall–Kier alpha value is -5.97. The highest BCUT2D eigenvalue weighted by atomic mass is 35.5. The second-order valence-corrected chi connectivity index (χ2v) is 12.3. The van der Waals surface area contributed by atoms with Crippen molar-refractivity contribution in [1.29, 1.82) is 0 Å². The number of esters is 1. The fourth-order valence-corrected chi connectivity index (χ4v) is 5.10. The van der Waals surface area contributed by atoms with Crippen molar-refractivity contribution in [3.8, 4) is 6.01 Å². The summed E-state index contributed by atoms with van der Waals surface area (Å²) in [5.41, 5.74) is 2.21. The summed E-state index contributed by atoms with van der Waals surface area (Å²) in [6.45, 7) is -0.0998. The largest absolute Gasteiger partial charge is 0.467 e. The molecule has 3 amide bonds. The van der Waals surface area contributed by atoms with Crippen LogP contribution >= 0.6 is 11.6 Å². The molecule has 53 heavy (non-hydrogen) atoms. The Balaban J connectivity index is 1.23. The van der Waals surface area contributed by atoms with Crippen molar-refractivity contribution in [2.75, 3.05) is 36.2 Å². The number of nitrogens with one attached hydrogen (secondary N) is 5. The van der Waals surface area contributed by atoms with Crippen LogP contribution in [0.1, 0.15) is 41.3 Å². The predicted molar refractivity (Wildman–Crippen MR) is 188 cm³/mol. The molecule has 0 unspecified atom stereocenters.